The molecule has 176 valence electrons. The van der Waals surface area contributed by atoms with E-state index in [1.807, 2.05) is 27.7 Å². The molecular weight excluding hydrogens is 396 g/mol. The minimum atomic E-state index is -0.291. The fourth-order valence-corrected chi connectivity index (χ4v) is 5.95. The Kier molecular flexibility index (Phi) is 8.79. The maximum absolute atomic E-state index is 13.8. The van der Waals surface area contributed by atoms with Crippen LogP contribution in [-0.4, -0.2) is 17.3 Å². The van der Waals surface area contributed by atoms with Gasteiger partial charge in [-0.15, -0.1) is 0 Å². The highest BCUT2D eigenvalue weighted by atomic mass is 16.1. The number of aryl methyl sites for hydroxylation is 1. The smallest absolute Gasteiger partial charge is 0.189 e. The summed E-state index contributed by atoms with van der Waals surface area (Å²) < 4.78 is 0. The van der Waals surface area contributed by atoms with Gasteiger partial charge in [0.15, 0.2) is 5.78 Å². The fourth-order valence-electron chi connectivity index (χ4n) is 5.95. The number of fused-ring (bicyclic) bond motifs is 2. The molecule has 0 saturated heterocycles. The molecule has 0 aliphatic heterocycles. The maximum atomic E-state index is 13.8. The van der Waals surface area contributed by atoms with Gasteiger partial charge in [0, 0.05) is 17.1 Å². The molecule has 0 amide bonds. The molecule has 0 N–H and O–H groups in total. The monoisotopic (exact) mass is 438 g/mol. The second-order valence-corrected chi connectivity index (χ2v) is 9.85. The fraction of sp³-hybridized carbons (Fsp3) is 0.621. The van der Waals surface area contributed by atoms with Crippen molar-refractivity contribution in [2.45, 2.75) is 100 Å². The lowest BCUT2D eigenvalue weighted by Gasteiger charge is -2.41. The Bertz CT molecular complexity index is 932. The predicted octanol–water partition coefficient (Wildman–Crippen LogP) is 7.11. The first-order valence-corrected chi connectivity index (χ1v) is 12.5. The number of carbonyl (C=O) groups excluding carboxylic acids is 3. The summed E-state index contributed by atoms with van der Waals surface area (Å²) >= 11 is 0. The van der Waals surface area contributed by atoms with E-state index in [9.17, 15) is 14.4 Å². The van der Waals surface area contributed by atoms with Crippen molar-refractivity contribution in [2.24, 2.45) is 17.8 Å². The molecule has 32 heavy (non-hydrogen) atoms. The first kappa shape index (κ1) is 26.2. The van der Waals surface area contributed by atoms with Crippen LogP contribution in [0.4, 0.5) is 0 Å². The van der Waals surface area contributed by atoms with Gasteiger partial charge >= 0.3 is 0 Å². The molecule has 3 nitrogen and oxygen atoms in total. The van der Waals surface area contributed by atoms with Crippen molar-refractivity contribution in [3.8, 4) is 0 Å². The molecule has 3 unspecified atom stereocenters. The highest BCUT2D eigenvalue weighted by Gasteiger charge is 2.44. The number of carbonyl (C=O) groups is 3. The van der Waals surface area contributed by atoms with Crippen molar-refractivity contribution in [3.05, 3.63) is 45.0 Å². The SMILES string of the molecule is CC.CCCC1CC2Cc3c(C(C)C)cc(C)c(C)c3C(=O)C2=C(C)C1C(=O)CC(C)=O. The van der Waals surface area contributed by atoms with E-state index in [1.54, 1.807) is 0 Å². The summed E-state index contributed by atoms with van der Waals surface area (Å²) in [6.45, 7) is 18.1. The summed E-state index contributed by atoms with van der Waals surface area (Å²) in [4.78, 5) is 38.5. The summed E-state index contributed by atoms with van der Waals surface area (Å²) in [5, 5.41) is 0. The predicted molar refractivity (Wildman–Crippen MR) is 132 cm³/mol. The number of Topliss-reactive ketones (excluding diaryl/α,β-unsaturated/α-hetero) is 3. The van der Waals surface area contributed by atoms with Gasteiger partial charge < -0.3 is 0 Å². The molecule has 2 aliphatic carbocycles. The van der Waals surface area contributed by atoms with Gasteiger partial charge in [0.2, 0.25) is 0 Å². The van der Waals surface area contributed by atoms with Crippen LogP contribution in [0.1, 0.15) is 113 Å². The molecule has 3 rings (SSSR count). The van der Waals surface area contributed by atoms with Gasteiger partial charge in [0.25, 0.3) is 0 Å². The van der Waals surface area contributed by atoms with Crippen LogP contribution in [0.3, 0.4) is 0 Å². The summed E-state index contributed by atoms with van der Waals surface area (Å²) in [5.74, 6) is 0.506. The Labute approximate surface area is 195 Å². The Hall–Kier alpha value is -2.03. The van der Waals surface area contributed by atoms with E-state index in [0.29, 0.717) is 5.92 Å². The van der Waals surface area contributed by atoms with E-state index < -0.39 is 0 Å². The van der Waals surface area contributed by atoms with E-state index in [2.05, 4.69) is 33.8 Å². The van der Waals surface area contributed by atoms with E-state index in [-0.39, 0.29) is 41.5 Å². The number of rotatable bonds is 6. The van der Waals surface area contributed by atoms with Crippen LogP contribution < -0.4 is 0 Å². The van der Waals surface area contributed by atoms with Crippen molar-refractivity contribution < 1.29 is 14.4 Å². The van der Waals surface area contributed by atoms with Crippen molar-refractivity contribution in [2.75, 3.05) is 0 Å². The molecule has 1 aromatic rings. The maximum Gasteiger partial charge on any atom is 0.189 e. The van der Waals surface area contributed by atoms with Crippen LogP contribution in [0.5, 0.6) is 0 Å². The minimum Gasteiger partial charge on any atom is -0.300 e. The van der Waals surface area contributed by atoms with Gasteiger partial charge in [-0.1, -0.05) is 52.7 Å². The third kappa shape index (κ3) is 4.82. The average Bonchev–Trinajstić information content (AvgIpc) is 2.71. The highest BCUT2D eigenvalue weighted by molar-refractivity contribution is 6.14. The molecule has 0 radical (unpaired) electrons. The molecule has 0 heterocycles. The molecule has 3 atom stereocenters. The molecule has 0 spiro atoms. The van der Waals surface area contributed by atoms with Crippen molar-refractivity contribution in [1.29, 1.82) is 0 Å². The van der Waals surface area contributed by atoms with Crippen molar-refractivity contribution in [3.63, 3.8) is 0 Å². The normalized spacial score (nSPS) is 22.2. The largest absolute Gasteiger partial charge is 0.300 e. The molecule has 2 aliphatic rings. The van der Waals surface area contributed by atoms with Crippen LogP contribution in [-0.2, 0) is 16.0 Å². The zero-order chi connectivity index (χ0) is 24.3. The summed E-state index contributed by atoms with van der Waals surface area (Å²) in [6, 6.07) is 2.26. The molecule has 1 aromatic carbocycles. The lowest BCUT2D eigenvalue weighted by molar-refractivity contribution is -0.129. The second-order valence-electron chi connectivity index (χ2n) is 9.85. The third-order valence-electron chi connectivity index (χ3n) is 7.32. The standard InChI is InChI=1S/C27H36O3.C2H6/c1-8-9-19-12-20-13-22-21(14(2)3)10-15(4)17(6)26(22)27(30)25(20)18(7)24(19)23(29)11-16(5)28;1-2/h10,14,19-20,24H,8-9,11-13H2,1-7H3;1-2H3. The number of hydrogen-bond acceptors (Lipinski definition) is 3. The van der Waals surface area contributed by atoms with Crippen LogP contribution in [0.25, 0.3) is 0 Å². The highest BCUT2D eigenvalue weighted by Crippen LogP contribution is 2.48. The molecule has 0 saturated carbocycles. The first-order chi connectivity index (χ1) is 15.1. The molecule has 0 bridgehead atoms. The van der Waals surface area contributed by atoms with Crippen LogP contribution in [0, 0.1) is 31.6 Å². The number of ketones is 3. The number of hydrogen-bond donors (Lipinski definition) is 0. The Morgan fingerprint density at radius 2 is 1.75 bits per heavy atom. The zero-order valence-electron chi connectivity index (χ0n) is 21.6. The lowest BCUT2D eigenvalue weighted by atomic mass is 9.61. The van der Waals surface area contributed by atoms with Crippen molar-refractivity contribution in [1.82, 2.24) is 0 Å². The van der Waals surface area contributed by atoms with Crippen LogP contribution >= 0.6 is 0 Å². The van der Waals surface area contributed by atoms with E-state index in [1.165, 1.54) is 18.1 Å². The third-order valence-corrected chi connectivity index (χ3v) is 7.32. The first-order valence-electron chi connectivity index (χ1n) is 12.5. The summed E-state index contributed by atoms with van der Waals surface area (Å²) in [6.07, 6.45) is 3.69. The Morgan fingerprint density at radius 3 is 2.28 bits per heavy atom. The van der Waals surface area contributed by atoms with Gasteiger partial charge in [-0.05, 0) is 87.0 Å². The van der Waals surface area contributed by atoms with Gasteiger partial charge in [-0.3, -0.25) is 14.4 Å². The van der Waals surface area contributed by atoms with Crippen molar-refractivity contribution >= 4 is 17.3 Å². The van der Waals surface area contributed by atoms with Gasteiger partial charge in [-0.25, -0.2) is 0 Å². The van der Waals surface area contributed by atoms with E-state index >= 15 is 0 Å². The zero-order valence-corrected chi connectivity index (χ0v) is 21.6. The van der Waals surface area contributed by atoms with Crippen LogP contribution in [0.15, 0.2) is 17.2 Å². The topological polar surface area (TPSA) is 51.2 Å². The van der Waals surface area contributed by atoms with E-state index in [4.69, 9.17) is 0 Å². The van der Waals surface area contributed by atoms with Gasteiger partial charge in [0.1, 0.15) is 11.6 Å². The second kappa shape index (κ2) is 10.7. The van der Waals surface area contributed by atoms with Gasteiger partial charge in [0.05, 0.1) is 6.42 Å². The van der Waals surface area contributed by atoms with Crippen LogP contribution in [0.2, 0.25) is 0 Å². The lowest BCUT2D eigenvalue weighted by Crippen LogP contribution is -2.39. The summed E-state index contributed by atoms with van der Waals surface area (Å²) in [5.41, 5.74) is 7.41. The van der Waals surface area contributed by atoms with E-state index in [0.717, 1.165) is 53.5 Å². The molecule has 0 aromatic heterocycles. The number of allylic oxidation sites excluding steroid dienone is 2. The molecule has 3 heteroatoms. The average molecular weight is 439 g/mol. The Morgan fingerprint density at radius 1 is 1.12 bits per heavy atom. The number of benzene rings is 1. The Balaban J connectivity index is 0.00000176. The molecular formula is C29H42O3. The minimum absolute atomic E-state index is 0.00756. The molecule has 0 fully saturated rings. The van der Waals surface area contributed by atoms with Gasteiger partial charge in [-0.2, -0.15) is 0 Å². The summed E-state index contributed by atoms with van der Waals surface area (Å²) in [7, 11) is 0. The quantitative estimate of drug-likeness (QED) is 0.445.